The van der Waals surface area contributed by atoms with Crippen molar-refractivity contribution in [2.75, 3.05) is 17.7 Å². The lowest BCUT2D eigenvalue weighted by atomic mass is 10.3. The number of thioether (sulfide) groups is 1. The lowest BCUT2D eigenvalue weighted by Gasteiger charge is -2.10. The smallest absolute Gasteiger partial charge is 0.234 e. The van der Waals surface area contributed by atoms with Gasteiger partial charge in [-0.25, -0.2) is 0 Å². The van der Waals surface area contributed by atoms with E-state index < -0.39 is 0 Å². The molecule has 1 amide bonds. The molecular weight excluding hydrogens is 293 g/mol. The fourth-order valence-electron chi connectivity index (χ4n) is 1.25. The summed E-state index contributed by atoms with van der Waals surface area (Å²) in [4.78, 5) is 11.6. The van der Waals surface area contributed by atoms with Crippen LogP contribution in [0.1, 0.15) is 13.3 Å². The summed E-state index contributed by atoms with van der Waals surface area (Å²) in [5, 5.41) is 12.6. The van der Waals surface area contributed by atoms with Crippen LogP contribution in [0.3, 0.4) is 0 Å². The van der Waals surface area contributed by atoms with E-state index >= 15 is 0 Å². The number of halogens is 2. The molecule has 0 saturated carbocycles. The minimum absolute atomic E-state index is 0.0943. The number of aliphatic hydroxyl groups is 1. The Labute approximate surface area is 121 Å². The van der Waals surface area contributed by atoms with Crippen molar-refractivity contribution >= 4 is 46.6 Å². The average molecular weight is 308 g/mol. The van der Waals surface area contributed by atoms with Crippen LogP contribution in [0, 0.1) is 0 Å². The number of anilines is 1. The van der Waals surface area contributed by atoms with Crippen LogP contribution in [0.4, 0.5) is 5.69 Å². The van der Waals surface area contributed by atoms with Gasteiger partial charge in [0.25, 0.3) is 0 Å². The monoisotopic (exact) mass is 307 g/mol. The molecule has 0 aromatic heterocycles. The molecule has 3 nitrogen and oxygen atoms in total. The molecule has 0 aliphatic rings. The molecule has 6 heteroatoms. The Morgan fingerprint density at radius 1 is 1.44 bits per heavy atom. The molecule has 1 aromatic carbocycles. The molecule has 0 heterocycles. The zero-order valence-electron chi connectivity index (χ0n) is 9.95. The van der Waals surface area contributed by atoms with Crippen LogP contribution < -0.4 is 5.32 Å². The molecule has 2 N–H and O–H groups in total. The van der Waals surface area contributed by atoms with Crippen molar-refractivity contribution in [1.29, 1.82) is 0 Å². The first-order valence-corrected chi connectivity index (χ1v) is 7.30. The third-order valence-corrected chi connectivity index (χ3v) is 4.21. The Balaban J connectivity index is 2.42. The first kappa shape index (κ1) is 15.6. The third-order valence-electron chi connectivity index (χ3n) is 2.24. The van der Waals surface area contributed by atoms with E-state index in [4.69, 9.17) is 28.3 Å². The molecule has 0 spiro atoms. The highest BCUT2D eigenvalue weighted by molar-refractivity contribution is 8.00. The predicted molar refractivity (Wildman–Crippen MR) is 78.7 cm³/mol. The summed E-state index contributed by atoms with van der Waals surface area (Å²) in [6.07, 6.45) is 0.685. The topological polar surface area (TPSA) is 49.3 Å². The van der Waals surface area contributed by atoms with Crippen LogP contribution in [0.2, 0.25) is 10.0 Å². The number of hydrogen-bond acceptors (Lipinski definition) is 3. The Bertz CT molecular complexity index is 415. The number of benzene rings is 1. The first-order chi connectivity index (χ1) is 8.52. The van der Waals surface area contributed by atoms with Crippen LogP contribution in [0.5, 0.6) is 0 Å². The zero-order chi connectivity index (χ0) is 13.5. The van der Waals surface area contributed by atoms with Crippen LogP contribution in [0.15, 0.2) is 18.2 Å². The number of rotatable bonds is 6. The van der Waals surface area contributed by atoms with Crippen molar-refractivity contribution in [3.8, 4) is 0 Å². The molecule has 0 fully saturated rings. The Morgan fingerprint density at radius 2 is 2.17 bits per heavy atom. The molecule has 1 rings (SSSR count). The quantitative estimate of drug-likeness (QED) is 0.846. The van der Waals surface area contributed by atoms with Crippen molar-refractivity contribution in [1.82, 2.24) is 0 Å². The molecular formula is C12H15Cl2NO2S. The molecule has 1 aromatic rings. The fraction of sp³-hybridized carbons (Fsp3) is 0.417. The van der Waals surface area contributed by atoms with E-state index in [9.17, 15) is 4.79 Å². The van der Waals surface area contributed by atoms with Crippen LogP contribution in [-0.4, -0.2) is 28.6 Å². The summed E-state index contributed by atoms with van der Waals surface area (Å²) in [6.45, 7) is 2.12. The maximum Gasteiger partial charge on any atom is 0.234 e. The van der Waals surface area contributed by atoms with Crippen LogP contribution >= 0.6 is 35.0 Å². The number of nitrogens with one attached hydrogen (secondary N) is 1. The maximum atomic E-state index is 11.6. The number of hydrogen-bond donors (Lipinski definition) is 2. The number of carbonyl (C=O) groups excluding carboxylic acids is 1. The van der Waals surface area contributed by atoms with Crippen molar-refractivity contribution < 1.29 is 9.90 Å². The molecule has 0 aliphatic heterocycles. The summed E-state index contributed by atoms with van der Waals surface area (Å²) in [6, 6.07) is 4.96. The van der Waals surface area contributed by atoms with Crippen molar-refractivity contribution in [3.05, 3.63) is 28.2 Å². The molecule has 1 atom stereocenters. The van der Waals surface area contributed by atoms with Gasteiger partial charge in [0.2, 0.25) is 5.91 Å². The van der Waals surface area contributed by atoms with Gasteiger partial charge < -0.3 is 10.4 Å². The van der Waals surface area contributed by atoms with E-state index in [0.717, 1.165) is 0 Å². The van der Waals surface area contributed by atoms with Gasteiger partial charge in [-0.15, -0.1) is 11.8 Å². The summed E-state index contributed by atoms with van der Waals surface area (Å²) in [5.41, 5.74) is 0.629. The Hall–Kier alpha value is -0.420. The van der Waals surface area contributed by atoms with Crippen molar-refractivity contribution in [2.45, 2.75) is 18.6 Å². The minimum Gasteiger partial charge on any atom is -0.396 e. The SMILES string of the molecule is CC(CCO)SCC(=O)Nc1ccc(Cl)c(Cl)c1. The second-order valence-electron chi connectivity index (χ2n) is 3.81. The lowest BCUT2D eigenvalue weighted by molar-refractivity contribution is -0.113. The van der Waals surface area contributed by atoms with Gasteiger partial charge in [-0.05, 0) is 24.6 Å². The van der Waals surface area contributed by atoms with Gasteiger partial charge in [0.05, 0.1) is 15.8 Å². The largest absolute Gasteiger partial charge is 0.396 e. The van der Waals surface area contributed by atoms with E-state index in [1.807, 2.05) is 6.92 Å². The van der Waals surface area contributed by atoms with Crippen LogP contribution in [-0.2, 0) is 4.79 Å². The van der Waals surface area contributed by atoms with Crippen LogP contribution in [0.25, 0.3) is 0 Å². The normalized spacial score (nSPS) is 12.2. The van der Waals surface area contributed by atoms with Gasteiger partial charge in [0.1, 0.15) is 0 Å². The fourth-order valence-corrected chi connectivity index (χ4v) is 2.33. The highest BCUT2D eigenvalue weighted by Crippen LogP contribution is 2.25. The van der Waals surface area contributed by atoms with Gasteiger partial charge in [-0.1, -0.05) is 30.1 Å². The molecule has 0 radical (unpaired) electrons. The first-order valence-electron chi connectivity index (χ1n) is 5.50. The Kier molecular flexibility index (Phi) is 6.86. The molecule has 1 unspecified atom stereocenters. The molecule has 0 aliphatic carbocycles. The Morgan fingerprint density at radius 3 is 2.78 bits per heavy atom. The van der Waals surface area contributed by atoms with E-state index in [2.05, 4.69) is 5.32 Å². The standard InChI is InChI=1S/C12H15Cl2NO2S/c1-8(4-5-16)18-7-12(17)15-9-2-3-10(13)11(14)6-9/h2-3,6,8,16H,4-5,7H2,1H3,(H,15,17). The summed E-state index contributed by atoms with van der Waals surface area (Å²) in [7, 11) is 0. The molecule has 100 valence electrons. The molecule has 18 heavy (non-hydrogen) atoms. The van der Waals surface area contributed by atoms with E-state index in [0.29, 0.717) is 27.9 Å². The minimum atomic E-state index is -0.0943. The van der Waals surface area contributed by atoms with Crippen molar-refractivity contribution in [2.24, 2.45) is 0 Å². The summed E-state index contributed by atoms with van der Waals surface area (Å²) in [5.74, 6) is 0.254. The zero-order valence-corrected chi connectivity index (χ0v) is 12.3. The lowest BCUT2D eigenvalue weighted by Crippen LogP contribution is -2.16. The highest BCUT2D eigenvalue weighted by Gasteiger charge is 2.08. The number of amides is 1. The highest BCUT2D eigenvalue weighted by atomic mass is 35.5. The van der Waals surface area contributed by atoms with Gasteiger partial charge in [0.15, 0.2) is 0 Å². The number of aliphatic hydroxyl groups excluding tert-OH is 1. The second-order valence-corrected chi connectivity index (χ2v) is 6.05. The molecule has 0 bridgehead atoms. The van der Waals surface area contributed by atoms with Crippen molar-refractivity contribution in [3.63, 3.8) is 0 Å². The average Bonchev–Trinajstić information content (AvgIpc) is 2.32. The van der Waals surface area contributed by atoms with Gasteiger partial charge >= 0.3 is 0 Å². The summed E-state index contributed by atoms with van der Waals surface area (Å²) >= 11 is 13.1. The van der Waals surface area contributed by atoms with E-state index in [-0.39, 0.29) is 17.8 Å². The second kappa shape index (κ2) is 7.89. The summed E-state index contributed by atoms with van der Waals surface area (Å²) < 4.78 is 0. The third kappa shape index (κ3) is 5.48. The van der Waals surface area contributed by atoms with Gasteiger partial charge in [-0.3, -0.25) is 4.79 Å². The van der Waals surface area contributed by atoms with E-state index in [1.54, 1.807) is 18.2 Å². The van der Waals surface area contributed by atoms with E-state index in [1.165, 1.54) is 11.8 Å². The number of carbonyl (C=O) groups is 1. The van der Waals surface area contributed by atoms with Gasteiger partial charge in [-0.2, -0.15) is 0 Å². The van der Waals surface area contributed by atoms with Gasteiger partial charge in [0, 0.05) is 17.5 Å². The molecule has 0 saturated heterocycles. The maximum absolute atomic E-state index is 11.6. The predicted octanol–water partition coefficient (Wildman–Crippen LogP) is 3.44.